The van der Waals surface area contributed by atoms with Gasteiger partial charge in [0.15, 0.2) is 0 Å². The average Bonchev–Trinajstić information content (AvgIpc) is 2.63. The lowest BCUT2D eigenvalue weighted by atomic mass is 9.89. The van der Waals surface area contributed by atoms with Crippen molar-refractivity contribution in [1.82, 2.24) is 4.31 Å². The van der Waals surface area contributed by atoms with Gasteiger partial charge in [-0.1, -0.05) is 54.1 Å². The second-order valence-corrected chi connectivity index (χ2v) is 8.82. The summed E-state index contributed by atoms with van der Waals surface area (Å²) in [7, 11) is -3.64. The fourth-order valence-electron chi connectivity index (χ4n) is 3.49. The highest BCUT2D eigenvalue weighted by atomic mass is 32.2. The second-order valence-electron chi connectivity index (χ2n) is 6.93. The molecule has 1 fully saturated rings. The van der Waals surface area contributed by atoms with Crippen molar-refractivity contribution in [2.75, 3.05) is 6.54 Å². The lowest BCUT2D eigenvalue weighted by molar-refractivity contribution is 0.0471. The summed E-state index contributed by atoms with van der Waals surface area (Å²) in [5.41, 5.74) is 2.08. The molecule has 0 bridgehead atoms. The first kappa shape index (κ1) is 18.8. The van der Waals surface area contributed by atoms with Gasteiger partial charge in [-0.05, 0) is 37.5 Å². The summed E-state index contributed by atoms with van der Waals surface area (Å²) in [6.45, 7) is 5.94. The number of aryl methyl sites for hydroxylation is 1. The van der Waals surface area contributed by atoms with Crippen molar-refractivity contribution in [3.8, 4) is 0 Å². The molecule has 5 heteroatoms. The van der Waals surface area contributed by atoms with E-state index in [4.69, 9.17) is 0 Å². The number of hydrogen-bond donors (Lipinski definition) is 1. The molecule has 2 aromatic rings. The maximum absolute atomic E-state index is 13.3. The predicted molar refractivity (Wildman–Crippen MR) is 103 cm³/mol. The van der Waals surface area contributed by atoms with Gasteiger partial charge in [0, 0.05) is 18.5 Å². The Bertz CT molecular complexity index is 847. The van der Waals surface area contributed by atoms with Crippen molar-refractivity contribution in [3.63, 3.8) is 0 Å². The third-order valence-corrected chi connectivity index (χ3v) is 6.98. The minimum absolute atomic E-state index is 0.248. The summed E-state index contributed by atoms with van der Waals surface area (Å²) >= 11 is 0. The Labute approximate surface area is 155 Å². The predicted octanol–water partition coefficient (Wildman–Crippen LogP) is 3.16. The molecular weight excluding hydrogens is 346 g/mol. The Morgan fingerprint density at radius 3 is 2.42 bits per heavy atom. The van der Waals surface area contributed by atoms with Gasteiger partial charge in [0.05, 0.1) is 11.0 Å². The van der Waals surface area contributed by atoms with Gasteiger partial charge < -0.3 is 5.11 Å². The molecule has 0 unspecified atom stereocenters. The van der Waals surface area contributed by atoms with Gasteiger partial charge in [0.2, 0.25) is 10.0 Å². The highest BCUT2D eigenvalue weighted by Gasteiger charge is 2.40. The molecule has 1 aliphatic heterocycles. The van der Waals surface area contributed by atoms with E-state index in [-0.39, 0.29) is 18.5 Å². The summed E-state index contributed by atoms with van der Waals surface area (Å²) in [5, 5.41) is 10.4. The number of benzene rings is 2. The first-order chi connectivity index (χ1) is 12.4. The minimum atomic E-state index is -3.64. The van der Waals surface area contributed by atoms with E-state index in [9.17, 15) is 13.5 Å². The fourth-order valence-corrected chi connectivity index (χ4v) is 5.16. The van der Waals surface area contributed by atoms with E-state index in [1.807, 2.05) is 49.4 Å². The van der Waals surface area contributed by atoms with Crippen LogP contribution >= 0.6 is 0 Å². The molecule has 26 heavy (non-hydrogen) atoms. The van der Waals surface area contributed by atoms with Crippen LogP contribution in [-0.2, 0) is 16.4 Å². The first-order valence-corrected chi connectivity index (χ1v) is 10.3. The van der Waals surface area contributed by atoms with Gasteiger partial charge >= 0.3 is 0 Å². The van der Waals surface area contributed by atoms with Gasteiger partial charge in [0.25, 0.3) is 0 Å². The van der Waals surface area contributed by atoms with Crippen LogP contribution in [0.25, 0.3) is 0 Å². The minimum Gasteiger partial charge on any atom is -0.392 e. The molecule has 1 saturated heterocycles. The van der Waals surface area contributed by atoms with E-state index in [1.165, 1.54) is 0 Å². The van der Waals surface area contributed by atoms with E-state index in [0.29, 0.717) is 17.7 Å². The van der Waals surface area contributed by atoms with Gasteiger partial charge in [-0.2, -0.15) is 4.31 Å². The van der Waals surface area contributed by atoms with Crippen LogP contribution in [0.3, 0.4) is 0 Å². The monoisotopic (exact) mass is 371 g/mol. The molecule has 3 atom stereocenters. The number of rotatable bonds is 5. The van der Waals surface area contributed by atoms with Gasteiger partial charge in [-0.3, -0.25) is 0 Å². The van der Waals surface area contributed by atoms with Gasteiger partial charge in [-0.25, -0.2) is 8.42 Å². The van der Waals surface area contributed by atoms with Crippen LogP contribution in [0.2, 0.25) is 0 Å². The Morgan fingerprint density at radius 1 is 1.15 bits per heavy atom. The quantitative estimate of drug-likeness (QED) is 0.822. The number of piperidine rings is 1. The van der Waals surface area contributed by atoms with Crippen molar-refractivity contribution in [2.45, 2.75) is 36.8 Å². The molecule has 1 N–H and O–H groups in total. The summed E-state index contributed by atoms with van der Waals surface area (Å²) < 4.78 is 28.1. The van der Waals surface area contributed by atoms with Gasteiger partial charge in [-0.15, -0.1) is 6.58 Å². The smallest absolute Gasteiger partial charge is 0.243 e. The van der Waals surface area contributed by atoms with E-state index < -0.39 is 16.1 Å². The molecule has 0 spiro atoms. The molecule has 138 valence electrons. The molecule has 1 aliphatic rings. The Balaban J connectivity index is 1.95. The summed E-state index contributed by atoms with van der Waals surface area (Å²) in [4.78, 5) is 0.292. The van der Waals surface area contributed by atoms with Crippen molar-refractivity contribution in [3.05, 3.63) is 78.4 Å². The Hall–Kier alpha value is -1.95. The third kappa shape index (κ3) is 3.90. The van der Waals surface area contributed by atoms with Crippen molar-refractivity contribution >= 4 is 10.0 Å². The van der Waals surface area contributed by atoms with Crippen LogP contribution in [-0.4, -0.2) is 36.5 Å². The fraction of sp³-hybridized carbons (Fsp3) is 0.333. The number of sulfonamides is 1. The number of hydrogen-bond acceptors (Lipinski definition) is 3. The number of aliphatic hydroxyl groups is 1. The normalized spacial score (nSPS) is 24.3. The molecular formula is C21H25NO3S. The molecule has 0 amide bonds. The largest absolute Gasteiger partial charge is 0.392 e. The van der Waals surface area contributed by atoms with Gasteiger partial charge in [0.1, 0.15) is 0 Å². The Morgan fingerprint density at radius 2 is 1.81 bits per heavy atom. The molecule has 0 aromatic heterocycles. The van der Waals surface area contributed by atoms with E-state index in [0.717, 1.165) is 11.1 Å². The lowest BCUT2D eigenvalue weighted by Gasteiger charge is -2.40. The summed E-state index contributed by atoms with van der Waals surface area (Å²) in [5.74, 6) is -0.262. The molecule has 4 nitrogen and oxygen atoms in total. The second kappa shape index (κ2) is 7.74. The zero-order chi connectivity index (χ0) is 18.7. The Kier molecular flexibility index (Phi) is 5.61. The standard InChI is InChI=1S/C21H25NO3S/c1-3-18-15-22(26(24,25)20-11-9-16(2)10-12-20)19(14-21(18)23)13-17-7-5-4-6-8-17/h3-12,18-19,21,23H,1,13-15H2,2H3/t18-,19+,21+/m1/s1. The lowest BCUT2D eigenvalue weighted by Crippen LogP contribution is -2.52. The molecule has 2 aromatic carbocycles. The SMILES string of the molecule is C=C[C@@H]1CN(S(=O)(=O)c2ccc(C)cc2)[C@@H](Cc2ccccc2)C[C@@H]1O. The van der Waals surface area contributed by atoms with Crippen LogP contribution in [0.5, 0.6) is 0 Å². The zero-order valence-electron chi connectivity index (χ0n) is 15.0. The molecule has 3 rings (SSSR count). The van der Waals surface area contributed by atoms with Crippen LogP contribution < -0.4 is 0 Å². The average molecular weight is 372 g/mol. The van der Waals surface area contributed by atoms with E-state index in [1.54, 1.807) is 22.5 Å². The summed E-state index contributed by atoms with van der Waals surface area (Å²) in [6, 6.07) is 16.4. The highest BCUT2D eigenvalue weighted by molar-refractivity contribution is 7.89. The van der Waals surface area contributed by atoms with E-state index in [2.05, 4.69) is 6.58 Å². The van der Waals surface area contributed by atoms with Crippen molar-refractivity contribution < 1.29 is 13.5 Å². The van der Waals surface area contributed by atoms with Crippen LogP contribution in [0, 0.1) is 12.8 Å². The molecule has 0 aliphatic carbocycles. The first-order valence-electron chi connectivity index (χ1n) is 8.85. The van der Waals surface area contributed by atoms with Crippen LogP contribution in [0.1, 0.15) is 17.5 Å². The molecule has 1 heterocycles. The van der Waals surface area contributed by atoms with E-state index >= 15 is 0 Å². The molecule has 0 saturated carbocycles. The number of nitrogens with zero attached hydrogens (tertiary/aromatic N) is 1. The van der Waals surface area contributed by atoms with Crippen molar-refractivity contribution in [2.24, 2.45) is 5.92 Å². The van der Waals surface area contributed by atoms with Crippen molar-refractivity contribution in [1.29, 1.82) is 0 Å². The number of aliphatic hydroxyl groups excluding tert-OH is 1. The topological polar surface area (TPSA) is 57.6 Å². The van der Waals surface area contributed by atoms with Crippen LogP contribution in [0.4, 0.5) is 0 Å². The zero-order valence-corrected chi connectivity index (χ0v) is 15.8. The molecule has 0 radical (unpaired) electrons. The maximum Gasteiger partial charge on any atom is 0.243 e. The third-order valence-electron chi connectivity index (χ3n) is 5.05. The highest BCUT2D eigenvalue weighted by Crippen LogP contribution is 2.31. The summed E-state index contributed by atoms with van der Waals surface area (Å²) in [6.07, 6.45) is 2.05. The maximum atomic E-state index is 13.3. The van der Waals surface area contributed by atoms with Crippen LogP contribution in [0.15, 0.2) is 72.1 Å².